The van der Waals surface area contributed by atoms with Crippen molar-refractivity contribution >= 4 is 23.2 Å². The Morgan fingerprint density at radius 2 is 0.906 bits per heavy atom. The molecule has 0 heterocycles. The molecule has 0 unspecified atom stereocenters. The van der Waals surface area contributed by atoms with Crippen LogP contribution in [0.5, 0.6) is 0 Å². The van der Waals surface area contributed by atoms with Gasteiger partial charge in [-0.05, 0) is 37.1 Å². The molecule has 0 spiro atoms. The van der Waals surface area contributed by atoms with Crippen LogP contribution in [0.2, 0.25) is 0 Å². The highest BCUT2D eigenvalue weighted by Crippen LogP contribution is 2.13. The van der Waals surface area contributed by atoms with Crippen LogP contribution in [-0.4, -0.2) is 34.8 Å². The average Bonchev–Trinajstić information content (AvgIpc) is 2.80. The number of benzene rings is 2. The van der Waals surface area contributed by atoms with Crippen molar-refractivity contribution in [2.24, 2.45) is 0 Å². The van der Waals surface area contributed by atoms with E-state index in [-0.39, 0.29) is 23.2 Å². The van der Waals surface area contributed by atoms with Crippen LogP contribution in [0.4, 0.5) is 11.4 Å². The minimum atomic E-state index is -0.505. The average molecular weight is 442 g/mol. The van der Waals surface area contributed by atoms with Gasteiger partial charge in [0.05, 0.1) is 9.85 Å². The first-order valence-corrected chi connectivity index (χ1v) is 10.4. The number of hydrogen-bond acceptors (Lipinski definition) is 6. The van der Waals surface area contributed by atoms with Gasteiger partial charge in [0.2, 0.25) is 0 Å². The number of amides is 2. The molecule has 2 rings (SSSR count). The van der Waals surface area contributed by atoms with Gasteiger partial charge < -0.3 is 10.6 Å². The zero-order valence-corrected chi connectivity index (χ0v) is 17.6. The van der Waals surface area contributed by atoms with E-state index in [1.54, 1.807) is 0 Å². The van der Waals surface area contributed by atoms with Crippen molar-refractivity contribution in [3.8, 4) is 0 Å². The quantitative estimate of drug-likeness (QED) is 0.272. The van der Waals surface area contributed by atoms with Gasteiger partial charge in [0.15, 0.2) is 0 Å². The van der Waals surface area contributed by atoms with Gasteiger partial charge in [0, 0.05) is 48.5 Å². The molecule has 2 N–H and O–H groups in total. The third kappa shape index (κ3) is 8.13. The monoisotopic (exact) mass is 442 g/mol. The van der Waals surface area contributed by atoms with Crippen LogP contribution < -0.4 is 10.6 Å². The molecule has 0 aliphatic rings. The maximum absolute atomic E-state index is 12.0. The SMILES string of the molecule is O=C(NCCCCCCCCNC(=O)c1ccc([N+](=O)[O-])cc1)c1ccc([N+](=O)[O-])cc1. The van der Waals surface area contributed by atoms with E-state index in [0.29, 0.717) is 24.2 Å². The normalized spacial score (nSPS) is 10.4. The summed E-state index contributed by atoms with van der Waals surface area (Å²) in [7, 11) is 0. The Bertz CT molecular complexity index is 851. The lowest BCUT2D eigenvalue weighted by Crippen LogP contribution is -2.24. The molecule has 32 heavy (non-hydrogen) atoms. The van der Waals surface area contributed by atoms with Crippen LogP contribution in [0, 0.1) is 20.2 Å². The number of nitrogens with one attached hydrogen (secondary N) is 2. The minimum absolute atomic E-state index is 0.0486. The molecule has 0 bridgehead atoms. The predicted octanol–water partition coefficient (Wildman–Crippen LogP) is 4.00. The van der Waals surface area contributed by atoms with Gasteiger partial charge in [-0.1, -0.05) is 25.7 Å². The maximum Gasteiger partial charge on any atom is 0.269 e. The Kier molecular flexibility index (Phi) is 9.76. The molecule has 0 radical (unpaired) electrons. The Balaban J connectivity index is 1.49. The number of nitro groups is 2. The van der Waals surface area contributed by atoms with Crippen molar-refractivity contribution in [2.75, 3.05) is 13.1 Å². The molecule has 0 fully saturated rings. The van der Waals surface area contributed by atoms with Gasteiger partial charge in [-0.15, -0.1) is 0 Å². The molecular formula is C22H26N4O6. The molecule has 0 aliphatic heterocycles. The van der Waals surface area contributed by atoms with Crippen LogP contribution >= 0.6 is 0 Å². The zero-order chi connectivity index (χ0) is 23.3. The largest absolute Gasteiger partial charge is 0.352 e. The summed E-state index contributed by atoms with van der Waals surface area (Å²) in [5.74, 6) is -0.493. The van der Waals surface area contributed by atoms with Gasteiger partial charge in [-0.2, -0.15) is 0 Å². The lowest BCUT2D eigenvalue weighted by molar-refractivity contribution is -0.385. The zero-order valence-electron chi connectivity index (χ0n) is 17.6. The summed E-state index contributed by atoms with van der Waals surface area (Å²) >= 11 is 0. The van der Waals surface area contributed by atoms with E-state index in [1.165, 1.54) is 48.5 Å². The van der Waals surface area contributed by atoms with Crippen LogP contribution in [-0.2, 0) is 0 Å². The summed E-state index contributed by atoms with van der Waals surface area (Å²) in [4.78, 5) is 44.2. The third-order valence-corrected chi connectivity index (χ3v) is 4.86. The number of non-ortho nitro benzene ring substituents is 2. The predicted molar refractivity (Wildman–Crippen MR) is 119 cm³/mol. The van der Waals surface area contributed by atoms with Gasteiger partial charge in [0.1, 0.15) is 0 Å². The number of carbonyl (C=O) groups is 2. The van der Waals surface area contributed by atoms with Crippen LogP contribution in [0.1, 0.15) is 59.2 Å². The van der Waals surface area contributed by atoms with Crippen molar-refractivity contribution in [3.63, 3.8) is 0 Å². The molecule has 170 valence electrons. The summed E-state index contributed by atoms with van der Waals surface area (Å²) in [6.45, 7) is 1.09. The fourth-order valence-corrected chi connectivity index (χ4v) is 3.03. The molecule has 10 heteroatoms. The lowest BCUT2D eigenvalue weighted by Gasteiger charge is -2.06. The Morgan fingerprint density at radius 3 is 1.22 bits per heavy atom. The van der Waals surface area contributed by atoms with E-state index >= 15 is 0 Å². The summed E-state index contributed by atoms with van der Waals surface area (Å²) in [5, 5.41) is 26.9. The van der Waals surface area contributed by atoms with Crippen molar-refractivity contribution in [1.29, 1.82) is 0 Å². The first kappa shape index (κ1) is 24.4. The summed E-state index contributed by atoms with van der Waals surface area (Å²) in [6.07, 6.45) is 5.66. The molecule has 0 aliphatic carbocycles. The van der Waals surface area contributed by atoms with E-state index in [1.807, 2.05) is 0 Å². The van der Waals surface area contributed by atoms with E-state index in [0.717, 1.165) is 38.5 Å². The van der Waals surface area contributed by atoms with Crippen LogP contribution in [0.25, 0.3) is 0 Å². The lowest BCUT2D eigenvalue weighted by atomic mass is 10.1. The topological polar surface area (TPSA) is 144 Å². The number of unbranched alkanes of at least 4 members (excludes halogenated alkanes) is 5. The molecule has 0 atom stereocenters. The standard InChI is InChI=1S/C22H26N4O6/c27-21(17-7-11-19(12-8-17)25(29)30)23-15-5-3-1-2-4-6-16-24-22(28)18-9-13-20(14-10-18)26(31)32/h7-14H,1-6,15-16H2,(H,23,27)(H,24,28). The Hall–Kier alpha value is -3.82. The number of rotatable bonds is 13. The Morgan fingerprint density at radius 1 is 0.594 bits per heavy atom. The van der Waals surface area contributed by atoms with Gasteiger partial charge in [0.25, 0.3) is 23.2 Å². The van der Waals surface area contributed by atoms with E-state index in [2.05, 4.69) is 10.6 Å². The van der Waals surface area contributed by atoms with Crippen molar-refractivity contribution in [2.45, 2.75) is 38.5 Å². The second-order valence-corrected chi connectivity index (χ2v) is 7.24. The first-order valence-electron chi connectivity index (χ1n) is 10.4. The maximum atomic E-state index is 12.0. The highest BCUT2D eigenvalue weighted by molar-refractivity contribution is 5.94. The number of hydrogen-bond donors (Lipinski definition) is 2. The molecule has 0 aromatic heterocycles. The van der Waals surface area contributed by atoms with E-state index in [4.69, 9.17) is 0 Å². The highest BCUT2D eigenvalue weighted by atomic mass is 16.6. The molecule has 2 amide bonds. The molecule has 0 saturated carbocycles. The number of carbonyl (C=O) groups excluding carboxylic acids is 2. The van der Waals surface area contributed by atoms with E-state index in [9.17, 15) is 29.8 Å². The molecular weight excluding hydrogens is 416 g/mol. The smallest absolute Gasteiger partial charge is 0.269 e. The van der Waals surface area contributed by atoms with Crippen LogP contribution in [0.15, 0.2) is 48.5 Å². The summed E-state index contributed by atoms with van der Waals surface area (Å²) in [5.41, 5.74) is 0.692. The van der Waals surface area contributed by atoms with E-state index < -0.39 is 9.85 Å². The van der Waals surface area contributed by atoms with Crippen molar-refractivity contribution in [3.05, 3.63) is 79.9 Å². The molecule has 2 aromatic rings. The number of nitrogens with zero attached hydrogens (tertiary/aromatic N) is 2. The summed E-state index contributed by atoms with van der Waals surface area (Å²) < 4.78 is 0. The van der Waals surface area contributed by atoms with Crippen molar-refractivity contribution in [1.82, 2.24) is 10.6 Å². The summed E-state index contributed by atoms with van der Waals surface area (Å²) in [6, 6.07) is 11.0. The second-order valence-electron chi connectivity index (χ2n) is 7.24. The number of nitro benzene ring substituents is 2. The minimum Gasteiger partial charge on any atom is -0.352 e. The Labute approximate surface area is 185 Å². The van der Waals surface area contributed by atoms with Gasteiger partial charge >= 0.3 is 0 Å². The molecule has 2 aromatic carbocycles. The fraction of sp³-hybridized carbons (Fsp3) is 0.364. The molecule has 0 saturated heterocycles. The molecule has 10 nitrogen and oxygen atoms in total. The second kappa shape index (κ2) is 12.8. The van der Waals surface area contributed by atoms with Crippen molar-refractivity contribution < 1.29 is 19.4 Å². The van der Waals surface area contributed by atoms with Gasteiger partial charge in [-0.3, -0.25) is 29.8 Å². The van der Waals surface area contributed by atoms with Crippen LogP contribution in [0.3, 0.4) is 0 Å². The fourth-order valence-electron chi connectivity index (χ4n) is 3.03. The highest BCUT2D eigenvalue weighted by Gasteiger charge is 2.10. The van der Waals surface area contributed by atoms with Gasteiger partial charge in [-0.25, -0.2) is 0 Å². The first-order chi connectivity index (χ1) is 15.4. The third-order valence-electron chi connectivity index (χ3n) is 4.86.